The second-order valence-corrected chi connectivity index (χ2v) is 9.92. The minimum Gasteiger partial charge on any atom is -0.368 e. The van der Waals surface area contributed by atoms with Crippen LogP contribution >= 0.6 is 0 Å². The molecule has 5 nitrogen and oxygen atoms in total. The van der Waals surface area contributed by atoms with Crippen molar-refractivity contribution in [2.24, 2.45) is 4.99 Å². The van der Waals surface area contributed by atoms with E-state index in [2.05, 4.69) is 86.0 Å². The molecule has 0 radical (unpaired) electrons. The Morgan fingerprint density at radius 1 is 0.771 bits per heavy atom. The van der Waals surface area contributed by atoms with Crippen LogP contribution in [0.25, 0.3) is 0 Å². The van der Waals surface area contributed by atoms with Crippen LogP contribution < -0.4 is 9.80 Å². The fourth-order valence-corrected chi connectivity index (χ4v) is 5.22. The number of benzene rings is 3. The second kappa shape index (κ2) is 9.57. The topological polar surface area (TPSA) is 39.2 Å². The summed E-state index contributed by atoms with van der Waals surface area (Å²) < 4.78 is 0. The maximum absolute atomic E-state index is 13.7. The summed E-state index contributed by atoms with van der Waals surface area (Å²) in [6.07, 6.45) is 0.618. The van der Waals surface area contributed by atoms with Crippen molar-refractivity contribution in [3.8, 4) is 0 Å². The number of rotatable bonds is 4. The van der Waals surface area contributed by atoms with Crippen LogP contribution in [0.1, 0.15) is 27.8 Å². The number of carbonyl (C=O) groups is 1. The maximum atomic E-state index is 13.7. The largest absolute Gasteiger partial charge is 0.368 e. The van der Waals surface area contributed by atoms with Crippen LogP contribution in [0.4, 0.5) is 11.4 Å². The van der Waals surface area contributed by atoms with Crippen LogP contribution in [-0.4, -0.2) is 49.0 Å². The molecule has 0 N–H and O–H groups in total. The number of aryl methyl sites for hydroxylation is 4. The molecule has 1 atom stereocenters. The highest BCUT2D eigenvalue weighted by molar-refractivity contribution is 6.22. The van der Waals surface area contributed by atoms with Gasteiger partial charge in [-0.1, -0.05) is 48.5 Å². The third-order valence-corrected chi connectivity index (χ3v) is 6.98. The predicted octanol–water partition coefficient (Wildman–Crippen LogP) is 5.06. The molecule has 5 rings (SSSR count). The summed E-state index contributed by atoms with van der Waals surface area (Å²) in [4.78, 5) is 25.4. The maximum Gasteiger partial charge on any atom is 0.259 e. The van der Waals surface area contributed by atoms with E-state index >= 15 is 0 Å². The van der Waals surface area contributed by atoms with Gasteiger partial charge in [0, 0.05) is 38.3 Å². The molecule has 3 aromatic rings. The molecule has 0 aliphatic carbocycles. The first-order valence-electron chi connectivity index (χ1n) is 12.5. The van der Waals surface area contributed by atoms with Crippen molar-refractivity contribution in [2.45, 2.75) is 40.2 Å². The average Bonchev–Trinajstić information content (AvgIpc) is 3.16. The number of amides is 1. The van der Waals surface area contributed by atoms with Crippen molar-refractivity contribution in [2.75, 3.05) is 36.0 Å². The summed E-state index contributed by atoms with van der Waals surface area (Å²) >= 11 is 0. The van der Waals surface area contributed by atoms with E-state index in [9.17, 15) is 4.79 Å². The molecule has 2 aliphatic rings. The van der Waals surface area contributed by atoms with Crippen LogP contribution in [0.3, 0.4) is 0 Å². The lowest BCUT2D eigenvalue weighted by molar-refractivity contribution is -0.118. The second-order valence-electron chi connectivity index (χ2n) is 9.92. The molecule has 180 valence electrons. The number of hydrogen-bond acceptors (Lipinski definition) is 4. The normalized spacial score (nSPS) is 18.3. The zero-order chi connectivity index (χ0) is 24.5. The first kappa shape index (κ1) is 23.2. The van der Waals surface area contributed by atoms with Crippen LogP contribution in [0, 0.1) is 27.7 Å². The van der Waals surface area contributed by atoms with Gasteiger partial charge >= 0.3 is 0 Å². The lowest BCUT2D eigenvalue weighted by Crippen LogP contribution is -2.53. The third-order valence-electron chi connectivity index (χ3n) is 6.98. The summed E-state index contributed by atoms with van der Waals surface area (Å²) in [5.41, 5.74) is 8.24. The van der Waals surface area contributed by atoms with Crippen molar-refractivity contribution in [3.05, 3.63) is 94.5 Å². The number of carbonyl (C=O) groups excluding carboxylic acids is 1. The number of piperazine rings is 1. The van der Waals surface area contributed by atoms with E-state index in [1.54, 1.807) is 0 Å². The van der Waals surface area contributed by atoms with Crippen molar-refractivity contribution >= 4 is 23.2 Å². The smallest absolute Gasteiger partial charge is 0.259 e. The van der Waals surface area contributed by atoms with Gasteiger partial charge in [0.1, 0.15) is 6.04 Å². The highest BCUT2D eigenvalue weighted by Gasteiger charge is 2.39. The molecule has 3 aromatic carbocycles. The van der Waals surface area contributed by atoms with Gasteiger partial charge in [-0.3, -0.25) is 4.79 Å². The highest BCUT2D eigenvalue weighted by atomic mass is 16.2. The van der Waals surface area contributed by atoms with Gasteiger partial charge in [0.05, 0.1) is 5.69 Å². The van der Waals surface area contributed by atoms with E-state index in [0.717, 1.165) is 54.5 Å². The Balaban J connectivity index is 1.42. The third kappa shape index (κ3) is 4.81. The van der Waals surface area contributed by atoms with Crippen molar-refractivity contribution in [1.29, 1.82) is 0 Å². The molecule has 1 unspecified atom stereocenters. The molecule has 2 heterocycles. The zero-order valence-corrected chi connectivity index (χ0v) is 21.2. The van der Waals surface area contributed by atoms with E-state index in [0.29, 0.717) is 6.42 Å². The van der Waals surface area contributed by atoms with Crippen molar-refractivity contribution < 1.29 is 4.79 Å². The summed E-state index contributed by atoms with van der Waals surface area (Å²) in [6.45, 7) is 12.0. The summed E-state index contributed by atoms with van der Waals surface area (Å²) in [5, 5.41) is 0. The quantitative estimate of drug-likeness (QED) is 0.540. The molecule has 0 spiro atoms. The van der Waals surface area contributed by atoms with E-state index in [1.165, 1.54) is 16.8 Å². The van der Waals surface area contributed by atoms with Gasteiger partial charge < -0.3 is 9.80 Å². The summed E-state index contributed by atoms with van der Waals surface area (Å²) in [7, 11) is 0. The molecule has 0 aromatic heterocycles. The van der Waals surface area contributed by atoms with E-state index in [4.69, 9.17) is 4.99 Å². The molecule has 35 heavy (non-hydrogen) atoms. The Morgan fingerprint density at radius 3 is 2.11 bits per heavy atom. The van der Waals surface area contributed by atoms with E-state index in [-0.39, 0.29) is 5.91 Å². The monoisotopic (exact) mass is 466 g/mol. The molecule has 1 fully saturated rings. The Bertz CT molecular complexity index is 1240. The van der Waals surface area contributed by atoms with Crippen LogP contribution in [0.2, 0.25) is 0 Å². The van der Waals surface area contributed by atoms with Gasteiger partial charge in [-0.2, -0.15) is 0 Å². The van der Waals surface area contributed by atoms with Gasteiger partial charge in [-0.15, -0.1) is 0 Å². The standard InChI is InChI=1S/C30H34N4O/c1-21-10-11-24(4)28(19-21)32-12-14-33(15-13-32)30-31-27(20-25-8-6-5-7-9-25)29(35)34(30)26-17-22(2)16-23(3)18-26/h5-11,16-19,27H,12-15,20H2,1-4H3. The van der Waals surface area contributed by atoms with E-state index in [1.807, 2.05) is 23.1 Å². The summed E-state index contributed by atoms with van der Waals surface area (Å²) in [5.74, 6) is 0.854. The van der Waals surface area contributed by atoms with Gasteiger partial charge in [-0.05, 0) is 73.7 Å². The lowest BCUT2D eigenvalue weighted by Gasteiger charge is -2.39. The van der Waals surface area contributed by atoms with Crippen LogP contribution in [0.15, 0.2) is 71.7 Å². The lowest BCUT2D eigenvalue weighted by atomic mass is 10.1. The molecule has 5 heteroatoms. The Morgan fingerprint density at radius 2 is 1.43 bits per heavy atom. The molecule has 0 saturated carbocycles. The SMILES string of the molecule is Cc1cc(C)cc(N2C(=O)C(Cc3ccccc3)N=C2N2CCN(c3cc(C)ccc3C)CC2)c1. The molecule has 0 bridgehead atoms. The zero-order valence-electron chi connectivity index (χ0n) is 21.2. The number of guanidine groups is 1. The predicted molar refractivity (Wildman–Crippen MR) is 144 cm³/mol. The minimum absolute atomic E-state index is 0.0609. The van der Waals surface area contributed by atoms with Crippen molar-refractivity contribution in [1.82, 2.24) is 4.90 Å². The van der Waals surface area contributed by atoms with Gasteiger partial charge in [0.2, 0.25) is 5.96 Å². The number of nitrogens with zero attached hydrogens (tertiary/aromatic N) is 4. The molecule has 1 amide bonds. The molecular weight excluding hydrogens is 432 g/mol. The number of hydrogen-bond donors (Lipinski definition) is 0. The number of anilines is 2. The van der Waals surface area contributed by atoms with Gasteiger partial charge in [0.25, 0.3) is 5.91 Å². The van der Waals surface area contributed by atoms with Crippen LogP contribution in [-0.2, 0) is 11.2 Å². The number of aliphatic imine (C=N–C) groups is 1. The highest BCUT2D eigenvalue weighted by Crippen LogP contribution is 2.29. The Hall–Kier alpha value is -3.60. The molecule has 1 saturated heterocycles. The first-order chi connectivity index (χ1) is 16.9. The summed E-state index contributed by atoms with van der Waals surface area (Å²) in [6, 6.07) is 22.8. The average molecular weight is 467 g/mol. The van der Waals surface area contributed by atoms with E-state index < -0.39 is 6.04 Å². The first-order valence-corrected chi connectivity index (χ1v) is 12.5. The van der Waals surface area contributed by atoms with Gasteiger partial charge in [-0.25, -0.2) is 9.89 Å². The minimum atomic E-state index is -0.398. The molecular formula is C30H34N4O. The molecule has 2 aliphatic heterocycles. The fraction of sp³-hybridized carbons (Fsp3) is 0.333. The fourth-order valence-electron chi connectivity index (χ4n) is 5.22. The van der Waals surface area contributed by atoms with Crippen LogP contribution in [0.5, 0.6) is 0 Å². The Labute approximate surface area is 208 Å². The Kier molecular flexibility index (Phi) is 6.33. The van der Waals surface area contributed by atoms with Gasteiger partial charge in [0.15, 0.2) is 0 Å². The van der Waals surface area contributed by atoms with Crippen molar-refractivity contribution in [3.63, 3.8) is 0 Å².